The number of aromatic nitrogens is 4. The number of primary sulfonamides is 1. The molecule has 0 spiro atoms. The summed E-state index contributed by atoms with van der Waals surface area (Å²) in [6.07, 6.45) is 0.757. The summed E-state index contributed by atoms with van der Waals surface area (Å²) in [6.45, 7) is 1.38. The Morgan fingerprint density at radius 2 is 1.70 bits per heavy atom. The van der Waals surface area contributed by atoms with Crippen LogP contribution in [-0.4, -0.2) is 35.2 Å². The number of para-hydroxylation sites is 1. The minimum absolute atomic E-state index is 0. The van der Waals surface area contributed by atoms with Gasteiger partial charge in [0.2, 0.25) is 10.0 Å². The van der Waals surface area contributed by atoms with Crippen molar-refractivity contribution in [1.29, 1.82) is 0 Å². The molecule has 0 unspecified atom stereocenters. The number of halogens is 1. The van der Waals surface area contributed by atoms with E-state index in [9.17, 15) is 8.42 Å². The third-order valence-corrected chi connectivity index (χ3v) is 5.65. The second kappa shape index (κ2) is 11.0. The molecule has 1 heterocycles. The molecule has 0 saturated carbocycles. The van der Waals surface area contributed by atoms with Gasteiger partial charge < -0.3 is 10.1 Å². The van der Waals surface area contributed by atoms with Gasteiger partial charge in [-0.15, -0.1) is 12.4 Å². The first-order valence-electron chi connectivity index (χ1n) is 9.92. The fourth-order valence-electron chi connectivity index (χ4n) is 3.11. The van der Waals surface area contributed by atoms with E-state index in [1.807, 2.05) is 54.6 Å². The summed E-state index contributed by atoms with van der Waals surface area (Å²) in [4.78, 5) is 0.115. The molecule has 3 N–H and O–H groups in total. The monoisotopic (exact) mass is 486 g/mol. The van der Waals surface area contributed by atoms with Gasteiger partial charge in [0, 0.05) is 6.54 Å². The van der Waals surface area contributed by atoms with Crippen molar-refractivity contribution >= 4 is 22.4 Å². The van der Waals surface area contributed by atoms with E-state index in [2.05, 4.69) is 20.8 Å². The lowest BCUT2D eigenvalue weighted by Crippen LogP contribution is -2.17. The van der Waals surface area contributed by atoms with Crippen LogP contribution < -0.4 is 15.2 Å². The second-order valence-electron chi connectivity index (χ2n) is 7.07. The number of tetrazole rings is 1. The van der Waals surface area contributed by atoms with Crippen molar-refractivity contribution in [3.8, 4) is 17.4 Å². The number of nitrogens with zero attached hydrogens (tertiary/aromatic N) is 4. The van der Waals surface area contributed by atoms with Gasteiger partial charge in [0.25, 0.3) is 0 Å². The van der Waals surface area contributed by atoms with Crippen LogP contribution in [0.4, 0.5) is 0 Å². The lowest BCUT2D eigenvalue weighted by molar-refractivity contribution is 0.426. The molecule has 0 radical (unpaired) electrons. The second-order valence-corrected chi connectivity index (χ2v) is 8.64. The van der Waals surface area contributed by atoms with E-state index < -0.39 is 10.0 Å². The van der Waals surface area contributed by atoms with Crippen molar-refractivity contribution in [1.82, 2.24) is 25.5 Å². The highest BCUT2D eigenvalue weighted by Crippen LogP contribution is 2.22. The van der Waals surface area contributed by atoms with E-state index >= 15 is 0 Å². The van der Waals surface area contributed by atoms with Crippen LogP contribution in [0.15, 0.2) is 83.8 Å². The van der Waals surface area contributed by atoms with E-state index in [-0.39, 0.29) is 23.3 Å². The molecule has 0 aliphatic heterocycles. The molecule has 11 heteroatoms. The molecule has 33 heavy (non-hydrogen) atoms. The molecule has 172 valence electrons. The average Bonchev–Trinajstić information content (AvgIpc) is 3.25. The molecule has 0 fully saturated rings. The third kappa shape index (κ3) is 6.59. The summed E-state index contributed by atoms with van der Waals surface area (Å²) < 4.78 is 30.1. The number of ether oxygens (including phenoxy) is 1. The van der Waals surface area contributed by atoms with Gasteiger partial charge in [0.05, 0.1) is 10.6 Å². The van der Waals surface area contributed by atoms with Gasteiger partial charge in [-0.25, -0.2) is 13.6 Å². The van der Waals surface area contributed by atoms with E-state index in [0.717, 1.165) is 29.8 Å². The molecule has 0 aliphatic carbocycles. The number of nitrogens with one attached hydrogen (secondary N) is 1. The predicted molar refractivity (Wildman–Crippen MR) is 126 cm³/mol. The van der Waals surface area contributed by atoms with Gasteiger partial charge >= 0.3 is 6.01 Å². The highest BCUT2D eigenvalue weighted by atomic mass is 35.5. The van der Waals surface area contributed by atoms with Crippen molar-refractivity contribution in [2.45, 2.75) is 17.9 Å². The zero-order valence-corrected chi connectivity index (χ0v) is 19.2. The van der Waals surface area contributed by atoms with Crippen LogP contribution in [0.1, 0.15) is 11.1 Å². The van der Waals surface area contributed by atoms with Crippen molar-refractivity contribution in [2.75, 3.05) is 6.54 Å². The Kier molecular flexibility index (Phi) is 8.12. The van der Waals surface area contributed by atoms with E-state index in [4.69, 9.17) is 9.88 Å². The van der Waals surface area contributed by atoms with Crippen LogP contribution in [0.25, 0.3) is 5.69 Å². The number of sulfonamides is 1. The Balaban J connectivity index is 0.00000306. The highest BCUT2D eigenvalue weighted by Gasteiger charge is 2.11. The molecule has 0 atom stereocenters. The summed E-state index contributed by atoms with van der Waals surface area (Å²) in [5, 5.41) is 20.2. The van der Waals surface area contributed by atoms with E-state index in [0.29, 0.717) is 12.3 Å². The zero-order chi connectivity index (χ0) is 22.4. The van der Waals surface area contributed by atoms with E-state index in [1.165, 1.54) is 16.8 Å². The molecule has 9 nitrogen and oxygen atoms in total. The SMILES string of the molecule is Cl.NS(=O)(=O)c1ccc(CCNCc2cccc(Oc3nnnn3-c3ccccc3)c2)cc1. The molecular formula is C22H23ClN6O3S. The summed E-state index contributed by atoms with van der Waals surface area (Å²) in [5.41, 5.74) is 2.88. The molecular weight excluding hydrogens is 464 g/mol. The van der Waals surface area contributed by atoms with Gasteiger partial charge in [-0.2, -0.15) is 4.68 Å². The first-order chi connectivity index (χ1) is 15.5. The van der Waals surface area contributed by atoms with Gasteiger partial charge in [-0.1, -0.05) is 47.6 Å². The number of hydrogen-bond donors (Lipinski definition) is 2. The molecule has 0 saturated heterocycles. The van der Waals surface area contributed by atoms with E-state index in [1.54, 1.807) is 12.1 Å². The standard InChI is InChI=1S/C22H22N6O3S.ClH/c23-32(29,30)21-11-9-17(10-12-21)13-14-24-16-18-5-4-8-20(15-18)31-22-25-26-27-28(22)19-6-2-1-3-7-19;/h1-12,15,24H,13-14,16H2,(H2,23,29,30);1H. The van der Waals surface area contributed by atoms with Gasteiger partial charge in [0.15, 0.2) is 0 Å². The first kappa shape index (κ1) is 24.3. The third-order valence-electron chi connectivity index (χ3n) is 4.72. The average molecular weight is 487 g/mol. The molecule has 4 aromatic rings. The predicted octanol–water partition coefficient (Wildman–Crippen LogP) is 2.86. The lowest BCUT2D eigenvalue weighted by Gasteiger charge is -2.09. The number of hydrogen-bond acceptors (Lipinski definition) is 7. The first-order valence-corrected chi connectivity index (χ1v) is 11.5. The largest absolute Gasteiger partial charge is 0.423 e. The zero-order valence-electron chi connectivity index (χ0n) is 17.5. The van der Waals surface area contributed by atoms with Crippen LogP contribution in [0, 0.1) is 0 Å². The maximum atomic E-state index is 11.3. The maximum Gasteiger partial charge on any atom is 0.345 e. The Labute approximate surface area is 198 Å². The van der Waals surface area contributed by atoms with Crippen LogP contribution in [0.5, 0.6) is 11.8 Å². The van der Waals surface area contributed by atoms with Crippen LogP contribution in [0.3, 0.4) is 0 Å². The van der Waals surface area contributed by atoms with Crippen molar-refractivity contribution < 1.29 is 13.2 Å². The van der Waals surface area contributed by atoms with Crippen molar-refractivity contribution in [3.63, 3.8) is 0 Å². The minimum atomic E-state index is -3.66. The molecule has 0 aliphatic rings. The van der Waals surface area contributed by atoms with Gasteiger partial charge in [-0.05, 0) is 70.9 Å². The Hall–Kier alpha value is -3.31. The number of nitrogens with two attached hydrogens (primary N) is 1. The van der Waals surface area contributed by atoms with Gasteiger partial charge in [0.1, 0.15) is 5.75 Å². The summed E-state index contributed by atoms with van der Waals surface area (Å²) >= 11 is 0. The van der Waals surface area contributed by atoms with Crippen LogP contribution in [-0.2, 0) is 23.0 Å². The van der Waals surface area contributed by atoms with Gasteiger partial charge in [-0.3, -0.25) is 0 Å². The molecule has 0 amide bonds. The lowest BCUT2D eigenvalue weighted by atomic mass is 10.1. The Morgan fingerprint density at radius 1 is 0.939 bits per heavy atom. The van der Waals surface area contributed by atoms with Crippen LogP contribution >= 0.6 is 12.4 Å². The molecule has 1 aromatic heterocycles. The molecule has 3 aromatic carbocycles. The summed E-state index contributed by atoms with van der Waals surface area (Å²) in [5.74, 6) is 0.634. The quantitative estimate of drug-likeness (QED) is 0.348. The fraction of sp³-hybridized carbons (Fsp3) is 0.136. The number of rotatable bonds is 9. The van der Waals surface area contributed by atoms with Crippen molar-refractivity contribution in [2.24, 2.45) is 5.14 Å². The smallest absolute Gasteiger partial charge is 0.345 e. The summed E-state index contributed by atoms with van der Waals surface area (Å²) in [6, 6.07) is 24.1. The Morgan fingerprint density at radius 3 is 2.42 bits per heavy atom. The minimum Gasteiger partial charge on any atom is -0.423 e. The summed E-state index contributed by atoms with van der Waals surface area (Å²) in [7, 11) is -3.66. The van der Waals surface area contributed by atoms with Crippen molar-refractivity contribution in [3.05, 3.63) is 90.0 Å². The Bertz CT molecular complexity index is 1280. The van der Waals surface area contributed by atoms with Crippen LogP contribution in [0.2, 0.25) is 0 Å². The molecule has 4 rings (SSSR count). The topological polar surface area (TPSA) is 125 Å². The maximum absolute atomic E-state index is 11.3. The molecule has 0 bridgehead atoms. The number of benzene rings is 3. The highest BCUT2D eigenvalue weighted by molar-refractivity contribution is 7.89. The fourth-order valence-corrected chi connectivity index (χ4v) is 3.62. The normalized spacial score (nSPS) is 11.1.